The van der Waals surface area contributed by atoms with Gasteiger partial charge in [0.1, 0.15) is 0 Å². The third-order valence-electron chi connectivity index (χ3n) is 2.80. The second kappa shape index (κ2) is 7.98. The summed E-state index contributed by atoms with van der Waals surface area (Å²) in [5, 5.41) is 0.874. The van der Waals surface area contributed by atoms with E-state index in [1.807, 2.05) is 23.9 Å². The van der Waals surface area contributed by atoms with Crippen LogP contribution in [0.2, 0.25) is 0 Å². The molecule has 0 N–H and O–H groups in total. The fourth-order valence-corrected chi connectivity index (χ4v) is 3.44. The Balaban J connectivity index is 1.87. The normalized spacial score (nSPS) is 12.3. The fraction of sp³-hybridized carbons (Fsp3) is 0.200. The molecule has 106 valence electrons. The molecule has 5 heteroatoms. The summed E-state index contributed by atoms with van der Waals surface area (Å²) in [5.74, 6) is 1.83. The van der Waals surface area contributed by atoms with Crippen LogP contribution in [-0.4, -0.2) is 8.76 Å². The van der Waals surface area contributed by atoms with E-state index in [4.69, 9.17) is 0 Å². The highest BCUT2D eigenvalue weighted by Crippen LogP contribution is 2.20. The van der Waals surface area contributed by atoms with Crippen LogP contribution in [0.5, 0.6) is 0 Å². The second-order valence-electron chi connectivity index (χ2n) is 4.33. The lowest BCUT2D eigenvalue weighted by Gasteiger charge is -2.07. The topological polar surface area (TPSA) is 40.1 Å². The summed E-state index contributed by atoms with van der Waals surface area (Å²) in [6.45, 7) is 0. The van der Waals surface area contributed by atoms with Gasteiger partial charge in [-0.3, -0.25) is 4.21 Å². The maximum absolute atomic E-state index is 10.8. The van der Waals surface area contributed by atoms with E-state index in [-0.39, 0.29) is 0 Å². The molecule has 0 aliphatic heterocycles. The maximum Gasteiger partial charge on any atom is 0.0283 e. The minimum atomic E-state index is -2.14. The molecular formula is C15H14BrO2S2-. The van der Waals surface area contributed by atoms with Gasteiger partial charge in [-0.2, -0.15) is 11.8 Å². The van der Waals surface area contributed by atoms with Crippen molar-refractivity contribution >= 4 is 38.8 Å². The largest absolute Gasteiger partial charge is 0.768 e. The average Bonchev–Trinajstić information content (AvgIpc) is 2.48. The molecule has 0 saturated heterocycles. The highest BCUT2D eigenvalue weighted by Gasteiger charge is 1.98. The van der Waals surface area contributed by atoms with E-state index in [0.717, 1.165) is 22.4 Å². The zero-order chi connectivity index (χ0) is 14.4. The van der Waals surface area contributed by atoms with Crippen molar-refractivity contribution in [1.82, 2.24) is 0 Å². The minimum Gasteiger partial charge on any atom is -0.768 e. The average molecular weight is 370 g/mol. The van der Waals surface area contributed by atoms with Crippen molar-refractivity contribution in [2.75, 3.05) is 0 Å². The smallest absolute Gasteiger partial charge is 0.0283 e. The highest BCUT2D eigenvalue weighted by molar-refractivity contribution is 9.08. The number of hydrogen-bond donors (Lipinski definition) is 0. The molecule has 0 fully saturated rings. The predicted octanol–water partition coefficient (Wildman–Crippen LogP) is 4.25. The molecule has 2 aromatic carbocycles. The molecule has 0 heterocycles. The van der Waals surface area contributed by atoms with Crippen molar-refractivity contribution in [3.63, 3.8) is 0 Å². The van der Waals surface area contributed by atoms with Gasteiger partial charge in [0.25, 0.3) is 0 Å². The first-order chi connectivity index (χ1) is 9.69. The highest BCUT2D eigenvalue weighted by atomic mass is 79.9. The third kappa shape index (κ3) is 4.74. The van der Waals surface area contributed by atoms with Crippen LogP contribution < -0.4 is 0 Å². The molecule has 20 heavy (non-hydrogen) atoms. The van der Waals surface area contributed by atoms with Gasteiger partial charge in [-0.05, 0) is 39.9 Å². The van der Waals surface area contributed by atoms with Crippen molar-refractivity contribution in [3.8, 4) is 0 Å². The van der Waals surface area contributed by atoms with Gasteiger partial charge in [0, 0.05) is 21.7 Å². The van der Waals surface area contributed by atoms with Gasteiger partial charge in [-0.25, -0.2) is 0 Å². The Morgan fingerprint density at radius 1 is 1.00 bits per heavy atom. The SMILES string of the molecule is O=S([O-])c1ccc(CSCc2cccc(CBr)c2)cc1. The van der Waals surface area contributed by atoms with E-state index in [1.54, 1.807) is 12.1 Å². The van der Waals surface area contributed by atoms with Crippen LogP contribution in [0.25, 0.3) is 0 Å². The summed E-state index contributed by atoms with van der Waals surface area (Å²) in [6, 6.07) is 15.5. The maximum atomic E-state index is 10.8. The molecule has 0 aromatic heterocycles. The molecule has 0 aliphatic rings. The molecular weight excluding hydrogens is 356 g/mol. The zero-order valence-electron chi connectivity index (χ0n) is 10.8. The quantitative estimate of drug-likeness (QED) is 0.564. The van der Waals surface area contributed by atoms with Crippen LogP contribution >= 0.6 is 27.7 Å². The molecule has 1 unspecified atom stereocenters. The van der Waals surface area contributed by atoms with Gasteiger partial charge >= 0.3 is 0 Å². The zero-order valence-corrected chi connectivity index (χ0v) is 14.0. The lowest BCUT2D eigenvalue weighted by molar-refractivity contribution is 0.537. The molecule has 0 aliphatic carbocycles. The van der Waals surface area contributed by atoms with Gasteiger partial charge in [0.05, 0.1) is 0 Å². The Bertz CT molecular complexity index is 585. The summed E-state index contributed by atoms with van der Waals surface area (Å²) >= 11 is 3.14. The molecule has 0 saturated carbocycles. The minimum absolute atomic E-state index is 0.337. The number of halogens is 1. The Morgan fingerprint density at radius 3 is 2.30 bits per heavy atom. The summed E-state index contributed by atoms with van der Waals surface area (Å²) in [7, 11) is 0. The Hall–Kier alpha value is -0.620. The first-order valence-corrected chi connectivity index (χ1v) is 9.44. The van der Waals surface area contributed by atoms with Crippen LogP contribution in [-0.2, 0) is 27.9 Å². The fourth-order valence-electron chi connectivity index (χ4n) is 1.79. The predicted molar refractivity (Wildman–Crippen MR) is 87.7 cm³/mol. The Morgan fingerprint density at radius 2 is 1.65 bits per heavy atom. The van der Waals surface area contributed by atoms with Crippen molar-refractivity contribution in [3.05, 3.63) is 65.2 Å². The number of benzene rings is 2. The standard InChI is InChI=1S/C15H15BrO2S2/c16-9-13-2-1-3-14(8-13)11-19-10-12-4-6-15(7-5-12)20(17)18/h1-8H,9-11H2,(H,17,18)/p-1. The van der Waals surface area contributed by atoms with Gasteiger partial charge in [-0.15, -0.1) is 0 Å². The molecule has 0 bridgehead atoms. The Kier molecular flexibility index (Phi) is 6.29. The first kappa shape index (κ1) is 15.8. The first-order valence-electron chi connectivity index (χ1n) is 6.09. The lowest BCUT2D eigenvalue weighted by atomic mass is 10.2. The van der Waals surface area contributed by atoms with Gasteiger partial charge in [0.15, 0.2) is 0 Å². The van der Waals surface area contributed by atoms with E-state index in [0.29, 0.717) is 4.90 Å². The summed E-state index contributed by atoms with van der Waals surface area (Å²) < 4.78 is 21.5. The van der Waals surface area contributed by atoms with Crippen LogP contribution in [0.3, 0.4) is 0 Å². The third-order valence-corrected chi connectivity index (χ3v) is 5.18. The van der Waals surface area contributed by atoms with Crippen LogP contribution in [0, 0.1) is 0 Å². The summed E-state index contributed by atoms with van der Waals surface area (Å²) in [5.41, 5.74) is 3.73. The van der Waals surface area contributed by atoms with Crippen molar-refractivity contribution in [2.45, 2.75) is 21.7 Å². The van der Waals surface area contributed by atoms with Crippen LogP contribution in [0.1, 0.15) is 16.7 Å². The second-order valence-corrected chi connectivity index (χ2v) is 6.81. The summed E-state index contributed by atoms with van der Waals surface area (Å²) in [4.78, 5) is 0.337. The van der Waals surface area contributed by atoms with Crippen LogP contribution in [0.4, 0.5) is 0 Å². The summed E-state index contributed by atoms with van der Waals surface area (Å²) in [6.07, 6.45) is 0. The van der Waals surface area contributed by atoms with Gasteiger partial charge in [-0.1, -0.05) is 52.3 Å². The van der Waals surface area contributed by atoms with Crippen molar-refractivity contribution < 1.29 is 8.76 Å². The number of rotatable bonds is 6. The molecule has 2 nitrogen and oxygen atoms in total. The van der Waals surface area contributed by atoms with E-state index in [2.05, 4.69) is 40.2 Å². The molecule has 2 rings (SSSR count). The van der Waals surface area contributed by atoms with Crippen molar-refractivity contribution in [2.24, 2.45) is 0 Å². The molecule has 0 amide bonds. The van der Waals surface area contributed by atoms with Gasteiger partial charge in [0.2, 0.25) is 0 Å². The van der Waals surface area contributed by atoms with E-state index in [1.165, 1.54) is 11.1 Å². The van der Waals surface area contributed by atoms with Gasteiger partial charge < -0.3 is 4.55 Å². The van der Waals surface area contributed by atoms with E-state index >= 15 is 0 Å². The molecule has 0 spiro atoms. The monoisotopic (exact) mass is 369 g/mol. The lowest BCUT2D eigenvalue weighted by Crippen LogP contribution is -1.89. The van der Waals surface area contributed by atoms with Crippen molar-refractivity contribution in [1.29, 1.82) is 0 Å². The number of thioether (sulfide) groups is 1. The van der Waals surface area contributed by atoms with E-state index < -0.39 is 11.1 Å². The molecule has 1 atom stereocenters. The van der Waals surface area contributed by atoms with E-state index in [9.17, 15) is 8.76 Å². The number of alkyl halides is 1. The molecule has 2 aromatic rings. The Labute approximate surface area is 134 Å². The molecule has 0 radical (unpaired) electrons. The number of hydrogen-bond acceptors (Lipinski definition) is 3. The van der Waals surface area contributed by atoms with Crippen LogP contribution in [0.15, 0.2) is 53.4 Å².